The zero-order valence-electron chi connectivity index (χ0n) is 17.3. The van der Waals surface area contributed by atoms with E-state index in [1.165, 1.54) is 16.6 Å². The van der Waals surface area contributed by atoms with Gasteiger partial charge in [-0.1, -0.05) is 18.0 Å². The van der Waals surface area contributed by atoms with Crippen molar-refractivity contribution in [3.05, 3.63) is 47.2 Å². The Labute approximate surface area is 183 Å². The number of hydrogen-bond donors (Lipinski definition) is 1. The summed E-state index contributed by atoms with van der Waals surface area (Å²) in [4.78, 5) is 18.9. The van der Waals surface area contributed by atoms with Gasteiger partial charge >= 0.3 is 0 Å². The smallest absolute Gasteiger partial charge is 0.255 e. The van der Waals surface area contributed by atoms with Gasteiger partial charge in [-0.15, -0.1) is 0 Å². The lowest BCUT2D eigenvalue weighted by molar-refractivity contribution is 0.102. The lowest BCUT2D eigenvalue weighted by atomic mass is 10.2. The number of carbonyl (C=O) groups excluding carboxylic acids is 1. The maximum atomic E-state index is 13.1. The number of benzene rings is 1. The van der Waals surface area contributed by atoms with Crippen LogP contribution in [0.5, 0.6) is 0 Å². The number of carbonyl (C=O) groups is 1. The number of aromatic nitrogens is 1. The predicted molar refractivity (Wildman–Crippen MR) is 120 cm³/mol. The second-order valence-electron chi connectivity index (χ2n) is 7.14. The molecule has 1 aliphatic rings. The molecule has 1 fully saturated rings. The number of nitrogens with zero attached hydrogens (tertiary/aromatic N) is 3. The fraction of sp³-hybridized carbons (Fsp3) is 0.429. The lowest BCUT2D eigenvalue weighted by Gasteiger charge is -2.28. The summed E-state index contributed by atoms with van der Waals surface area (Å²) in [6.45, 7) is 6.51. The van der Waals surface area contributed by atoms with Crippen molar-refractivity contribution in [1.29, 1.82) is 0 Å². The second-order valence-corrected chi connectivity index (χ2v) is 9.46. The van der Waals surface area contributed by atoms with E-state index in [0.29, 0.717) is 24.3 Å². The number of anilines is 2. The maximum absolute atomic E-state index is 13.1. The molecule has 0 saturated carbocycles. The molecule has 2 heterocycles. The van der Waals surface area contributed by atoms with Crippen molar-refractivity contribution in [2.75, 3.05) is 36.4 Å². The summed E-state index contributed by atoms with van der Waals surface area (Å²) in [5.74, 6) is -0.375. The van der Waals surface area contributed by atoms with Crippen LogP contribution in [0, 0.1) is 0 Å². The van der Waals surface area contributed by atoms with E-state index in [1.807, 2.05) is 13.8 Å². The van der Waals surface area contributed by atoms with Crippen molar-refractivity contribution < 1.29 is 13.2 Å². The molecular formula is C21H27ClN4O3S. The van der Waals surface area contributed by atoms with Crippen molar-refractivity contribution in [3.8, 4) is 0 Å². The van der Waals surface area contributed by atoms with Gasteiger partial charge < -0.3 is 10.2 Å². The minimum absolute atomic E-state index is 0.184. The van der Waals surface area contributed by atoms with Gasteiger partial charge in [0.1, 0.15) is 5.15 Å². The number of nitrogens with one attached hydrogen (secondary N) is 1. The summed E-state index contributed by atoms with van der Waals surface area (Å²) in [6.07, 6.45) is 4.23. The Morgan fingerprint density at radius 3 is 2.47 bits per heavy atom. The number of halogens is 1. The Morgan fingerprint density at radius 2 is 1.83 bits per heavy atom. The van der Waals surface area contributed by atoms with E-state index in [1.54, 1.807) is 24.3 Å². The van der Waals surface area contributed by atoms with Gasteiger partial charge in [-0.3, -0.25) is 4.79 Å². The standard InChI is InChI=1S/C21H27ClN4O3S/c1-3-25(4-2)19-9-8-17(30(28,29)26-12-6-5-7-13-26)15-18(19)24-21(27)16-10-11-23-20(22)14-16/h8-11,14-15H,3-7,12-13H2,1-2H3,(H,24,27). The van der Waals surface area contributed by atoms with E-state index in [9.17, 15) is 13.2 Å². The van der Waals surface area contributed by atoms with Gasteiger partial charge in [0, 0.05) is 37.9 Å². The second kappa shape index (κ2) is 9.76. The molecule has 0 aliphatic carbocycles. The van der Waals surface area contributed by atoms with Gasteiger partial charge in [-0.05, 0) is 57.0 Å². The maximum Gasteiger partial charge on any atom is 0.255 e. The molecule has 30 heavy (non-hydrogen) atoms. The first-order valence-electron chi connectivity index (χ1n) is 10.2. The Kier molecular flexibility index (Phi) is 7.33. The quantitative estimate of drug-likeness (QED) is 0.644. The molecule has 7 nitrogen and oxygen atoms in total. The minimum atomic E-state index is -3.62. The summed E-state index contributed by atoms with van der Waals surface area (Å²) >= 11 is 5.91. The third-order valence-electron chi connectivity index (χ3n) is 5.26. The molecule has 3 rings (SSSR count). The fourth-order valence-electron chi connectivity index (χ4n) is 3.61. The van der Waals surface area contributed by atoms with Crippen molar-refractivity contribution in [1.82, 2.24) is 9.29 Å². The van der Waals surface area contributed by atoms with Gasteiger partial charge in [-0.25, -0.2) is 13.4 Å². The van der Waals surface area contributed by atoms with Crippen molar-refractivity contribution in [3.63, 3.8) is 0 Å². The number of rotatable bonds is 7. The molecule has 162 valence electrons. The van der Waals surface area contributed by atoms with E-state index in [-0.39, 0.29) is 16.0 Å². The first-order valence-corrected chi connectivity index (χ1v) is 12.0. The number of sulfonamides is 1. The predicted octanol–water partition coefficient (Wildman–Crippen LogP) is 4.01. The van der Waals surface area contributed by atoms with Crippen LogP contribution >= 0.6 is 11.6 Å². The first-order chi connectivity index (χ1) is 14.4. The third kappa shape index (κ3) is 4.94. The molecule has 0 atom stereocenters. The van der Waals surface area contributed by atoms with Gasteiger partial charge in [0.05, 0.1) is 16.3 Å². The highest BCUT2D eigenvalue weighted by atomic mass is 35.5. The van der Waals surface area contributed by atoms with Crippen LogP contribution in [0.4, 0.5) is 11.4 Å². The van der Waals surface area contributed by atoms with Gasteiger partial charge in [-0.2, -0.15) is 4.31 Å². The fourth-order valence-corrected chi connectivity index (χ4v) is 5.33. The molecule has 0 radical (unpaired) electrons. The van der Waals surface area contributed by atoms with Crippen molar-refractivity contribution in [2.45, 2.75) is 38.0 Å². The molecule has 1 aliphatic heterocycles. The van der Waals surface area contributed by atoms with E-state index in [0.717, 1.165) is 38.0 Å². The summed E-state index contributed by atoms with van der Waals surface area (Å²) in [6, 6.07) is 7.97. The SMILES string of the molecule is CCN(CC)c1ccc(S(=O)(=O)N2CCCCC2)cc1NC(=O)c1ccnc(Cl)c1. The Bertz CT molecular complexity index is 1000. The molecule has 1 aromatic carbocycles. The number of hydrogen-bond acceptors (Lipinski definition) is 5. The minimum Gasteiger partial charge on any atom is -0.370 e. The van der Waals surface area contributed by atoms with E-state index < -0.39 is 10.0 Å². The lowest BCUT2D eigenvalue weighted by Crippen LogP contribution is -2.35. The van der Waals surface area contributed by atoms with E-state index >= 15 is 0 Å². The molecule has 0 spiro atoms. The molecule has 0 bridgehead atoms. The Morgan fingerprint density at radius 1 is 1.13 bits per heavy atom. The molecular weight excluding hydrogens is 424 g/mol. The Balaban J connectivity index is 1.99. The summed E-state index contributed by atoms with van der Waals surface area (Å²) in [7, 11) is -3.62. The van der Waals surface area contributed by atoms with Crippen LogP contribution < -0.4 is 10.2 Å². The van der Waals surface area contributed by atoms with Crippen LogP contribution in [0.1, 0.15) is 43.5 Å². The number of amides is 1. The van der Waals surface area contributed by atoms with E-state index in [2.05, 4.69) is 15.2 Å². The van der Waals surface area contributed by atoms with Crippen molar-refractivity contribution in [2.24, 2.45) is 0 Å². The number of pyridine rings is 1. The highest BCUT2D eigenvalue weighted by Gasteiger charge is 2.27. The normalized spacial score (nSPS) is 15.0. The molecule has 1 saturated heterocycles. The topological polar surface area (TPSA) is 82.6 Å². The summed E-state index contributed by atoms with van der Waals surface area (Å²) in [5, 5.41) is 3.08. The average Bonchev–Trinajstić information content (AvgIpc) is 2.76. The molecule has 1 aromatic heterocycles. The number of piperidine rings is 1. The summed E-state index contributed by atoms with van der Waals surface area (Å²) in [5.41, 5.74) is 1.57. The average molecular weight is 451 g/mol. The molecule has 1 N–H and O–H groups in total. The van der Waals surface area contributed by atoms with Crippen LogP contribution in [0.2, 0.25) is 5.15 Å². The third-order valence-corrected chi connectivity index (χ3v) is 7.36. The van der Waals surface area contributed by atoms with Crippen LogP contribution in [-0.4, -0.2) is 49.8 Å². The monoisotopic (exact) mass is 450 g/mol. The highest BCUT2D eigenvalue weighted by Crippen LogP contribution is 2.31. The van der Waals surface area contributed by atoms with Crippen LogP contribution in [0.3, 0.4) is 0 Å². The van der Waals surface area contributed by atoms with Crippen LogP contribution in [0.15, 0.2) is 41.4 Å². The highest BCUT2D eigenvalue weighted by molar-refractivity contribution is 7.89. The Hall–Kier alpha value is -2.16. The molecule has 9 heteroatoms. The van der Waals surface area contributed by atoms with Crippen molar-refractivity contribution >= 4 is 38.9 Å². The van der Waals surface area contributed by atoms with Gasteiger partial charge in [0.15, 0.2) is 0 Å². The van der Waals surface area contributed by atoms with Gasteiger partial charge in [0.25, 0.3) is 5.91 Å². The zero-order valence-corrected chi connectivity index (χ0v) is 18.8. The van der Waals surface area contributed by atoms with Crippen LogP contribution in [0.25, 0.3) is 0 Å². The van der Waals surface area contributed by atoms with Gasteiger partial charge in [0.2, 0.25) is 10.0 Å². The molecule has 0 unspecified atom stereocenters. The largest absolute Gasteiger partial charge is 0.370 e. The summed E-state index contributed by atoms with van der Waals surface area (Å²) < 4.78 is 27.8. The van der Waals surface area contributed by atoms with Crippen LogP contribution in [-0.2, 0) is 10.0 Å². The van der Waals surface area contributed by atoms with E-state index in [4.69, 9.17) is 11.6 Å². The molecule has 2 aromatic rings. The first kappa shape index (κ1) is 22.5. The molecule has 1 amide bonds. The zero-order chi connectivity index (χ0) is 21.7.